The molecule has 3 rings (SSSR count). The van der Waals surface area contributed by atoms with Gasteiger partial charge in [-0.25, -0.2) is 4.79 Å². The SMILES string of the molecule is CCOc1cc(C#N)cc(Cl)c1OC(=O)CN1C(=O)COc2ccccc21. The van der Waals surface area contributed by atoms with Gasteiger partial charge in [0.1, 0.15) is 12.3 Å². The number of ether oxygens (including phenoxy) is 3. The molecule has 0 saturated heterocycles. The van der Waals surface area contributed by atoms with Gasteiger partial charge in [0.25, 0.3) is 5.91 Å². The zero-order valence-corrected chi connectivity index (χ0v) is 15.2. The Labute approximate surface area is 160 Å². The number of fused-ring (bicyclic) bond motifs is 1. The monoisotopic (exact) mass is 386 g/mol. The highest BCUT2D eigenvalue weighted by Gasteiger charge is 2.28. The number of rotatable bonds is 5. The molecule has 0 radical (unpaired) electrons. The van der Waals surface area contributed by atoms with Crippen LogP contribution >= 0.6 is 11.6 Å². The minimum absolute atomic E-state index is 0.0107. The lowest BCUT2D eigenvalue weighted by Crippen LogP contribution is -2.43. The topological polar surface area (TPSA) is 88.9 Å². The lowest BCUT2D eigenvalue weighted by molar-refractivity contribution is -0.134. The molecule has 0 fully saturated rings. The standard InChI is InChI=1S/C19H15ClN2O5/c1-2-25-16-8-12(9-21)7-13(20)19(16)27-18(24)10-22-14-5-3-4-6-15(14)26-11-17(22)23/h3-8H,2,10-11H2,1H3. The summed E-state index contributed by atoms with van der Waals surface area (Å²) in [6, 6.07) is 11.7. The minimum Gasteiger partial charge on any atom is -0.490 e. The molecule has 1 aliphatic heterocycles. The lowest BCUT2D eigenvalue weighted by atomic mass is 10.2. The van der Waals surface area contributed by atoms with Crippen LogP contribution in [0, 0.1) is 11.3 Å². The maximum absolute atomic E-state index is 12.5. The van der Waals surface area contributed by atoms with Gasteiger partial charge in [-0.05, 0) is 25.1 Å². The largest absolute Gasteiger partial charge is 0.490 e. The van der Waals surface area contributed by atoms with Gasteiger partial charge >= 0.3 is 5.97 Å². The molecule has 0 aliphatic carbocycles. The second kappa shape index (κ2) is 7.98. The van der Waals surface area contributed by atoms with Gasteiger partial charge in [0.2, 0.25) is 0 Å². The number of hydrogen-bond acceptors (Lipinski definition) is 6. The summed E-state index contributed by atoms with van der Waals surface area (Å²) in [6.45, 7) is 1.57. The van der Waals surface area contributed by atoms with E-state index in [4.69, 9.17) is 31.1 Å². The summed E-state index contributed by atoms with van der Waals surface area (Å²) in [5.41, 5.74) is 0.766. The van der Waals surface area contributed by atoms with Gasteiger partial charge in [0.05, 0.1) is 28.9 Å². The van der Waals surface area contributed by atoms with Gasteiger partial charge in [0.15, 0.2) is 18.1 Å². The van der Waals surface area contributed by atoms with E-state index >= 15 is 0 Å². The molecule has 8 heteroatoms. The fraction of sp³-hybridized carbons (Fsp3) is 0.211. The Kier molecular flexibility index (Phi) is 5.48. The first-order chi connectivity index (χ1) is 13.0. The van der Waals surface area contributed by atoms with Gasteiger partial charge in [-0.15, -0.1) is 0 Å². The van der Waals surface area contributed by atoms with Crippen LogP contribution in [-0.2, 0) is 9.59 Å². The number of carbonyl (C=O) groups excluding carboxylic acids is 2. The number of carbonyl (C=O) groups is 2. The van der Waals surface area contributed by atoms with Crippen molar-refractivity contribution in [3.05, 3.63) is 47.0 Å². The highest BCUT2D eigenvalue weighted by atomic mass is 35.5. The molecule has 0 saturated carbocycles. The zero-order chi connectivity index (χ0) is 19.4. The van der Waals surface area contributed by atoms with Crippen molar-refractivity contribution >= 4 is 29.2 Å². The van der Waals surface area contributed by atoms with Crippen molar-refractivity contribution in [1.82, 2.24) is 0 Å². The molecule has 1 aliphatic rings. The number of anilines is 1. The van der Waals surface area contributed by atoms with Gasteiger partial charge in [-0.2, -0.15) is 5.26 Å². The summed E-state index contributed by atoms with van der Waals surface area (Å²) < 4.78 is 16.1. The van der Waals surface area contributed by atoms with Crippen molar-refractivity contribution in [2.75, 3.05) is 24.7 Å². The second-order valence-electron chi connectivity index (χ2n) is 5.54. The minimum atomic E-state index is -0.701. The third kappa shape index (κ3) is 3.96. The molecule has 0 spiro atoms. The molecule has 0 N–H and O–H groups in total. The number of amides is 1. The Balaban J connectivity index is 1.83. The van der Waals surface area contributed by atoms with Crippen molar-refractivity contribution < 1.29 is 23.8 Å². The Morgan fingerprint density at radius 3 is 2.89 bits per heavy atom. The van der Waals surface area contributed by atoms with Crippen LogP contribution in [0.2, 0.25) is 5.02 Å². The average molecular weight is 387 g/mol. The summed E-state index contributed by atoms with van der Waals surface area (Å²) in [5.74, 6) is -0.356. The summed E-state index contributed by atoms with van der Waals surface area (Å²) >= 11 is 6.14. The van der Waals surface area contributed by atoms with Crippen LogP contribution in [0.15, 0.2) is 36.4 Å². The first kappa shape index (κ1) is 18.5. The molecule has 0 aromatic heterocycles. The van der Waals surface area contributed by atoms with Crippen LogP contribution in [0.1, 0.15) is 12.5 Å². The van der Waals surface area contributed by atoms with Crippen LogP contribution in [0.5, 0.6) is 17.2 Å². The maximum atomic E-state index is 12.5. The second-order valence-corrected chi connectivity index (χ2v) is 5.95. The van der Waals surface area contributed by atoms with E-state index in [1.165, 1.54) is 17.0 Å². The highest BCUT2D eigenvalue weighted by molar-refractivity contribution is 6.32. The fourth-order valence-electron chi connectivity index (χ4n) is 2.60. The van der Waals surface area contributed by atoms with Crippen molar-refractivity contribution in [2.45, 2.75) is 6.92 Å². The third-order valence-corrected chi connectivity index (χ3v) is 4.03. The number of nitrogens with zero attached hydrogens (tertiary/aromatic N) is 2. The van der Waals surface area contributed by atoms with E-state index in [-0.39, 0.29) is 41.1 Å². The highest BCUT2D eigenvalue weighted by Crippen LogP contribution is 2.37. The maximum Gasteiger partial charge on any atom is 0.331 e. The molecule has 138 valence electrons. The first-order valence-corrected chi connectivity index (χ1v) is 8.50. The van der Waals surface area contributed by atoms with E-state index in [1.807, 2.05) is 6.07 Å². The molecule has 0 unspecified atom stereocenters. The Morgan fingerprint density at radius 1 is 1.37 bits per heavy atom. The Hall–Kier alpha value is -3.24. The molecular formula is C19H15ClN2O5. The van der Waals surface area contributed by atoms with E-state index < -0.39 is 5.97 Å². The van der Waals surface area contributed by atoms with Gasteiger partial charge in [0, 0.05) is 6.07 Å². The molecule has 1 heterocycles. The van der Waals surface area contributed by atoms with Crippen LogP contribution in [0.3, 0.4) is 0 Å². The Morgan fingerprint density at radius 2 is 2.15 bits per heavy atom. The van der Waals surface area contributed by atoms with E-state index in [1.54, 1.807) is 31.2 Å². The number of halogens is 1. The molecule has 0 atom stereocenters. The van der Waals surface area contributed by atoms with Crippen LogP contribution < -0.4 is 19.1 Å². The quantitative estimate of drug-likeness (QED) is 0.579. The van der Waals surface area contributed by atoms with Crippen molar-refractivity contribution in [3.8, 4) is 23.3 Å². The van der Waals surface area contributed by atoms with E-state index in [2.05, 4.69) is 0 Å². The Bertz CT molecular complexity index is 938. The average Bonchev–Trinajstić information content (AvgIpc) is 2.66. The molecule has 1 amide bonds. The molecule has 0 bridgehead atoms. The molecule has 2 aromatic rings. The first-order valence-electron chi connectivity index (χ1n) is 8.12. The van der Waals surface area contributed by atoms with Crippen LogP contribution in [0.4, 0.5) is 5.69 Å². The van der Waals surface area contributed by atoms with Gasteiger partial charge < -0.3 is 14.2 Å². The van der Waals surface area contributed by atoms with Crippen molar-refractivity contribution in [1.29, 1.82) is 5.26 Å². The van der Waals surface area contributed by atoms with Gasteiger partial charge in [-0.1, -0.05) is 23.7 Å². The molecule has 27 heavy (non-hydrogen) atoms. The van der Waals surface area contributed by atoms with Crippen molar-refractivity contribution in [3.63, 3.8) is 0 Å². The van der Waals surface area contributed by atoms with E-state index in [9.17, 15) is 9.59 Å². The fourth-order valence-corrected chi connectivity index (χ4v) is 2.85. The molecular weight excluding hydrogens is 372 g/mol. The number of hydrogen-bond donors (Lipinski definition) is 0. The predicted molar refractivity (Wildman–Crippen MR) is 97.3 cm³/mol. The number of para-hydroxylation sites is 2. The summed E-state index contributed by atoms with van der Waals surface area (Å²) in [4.78, 5) is 25.9. The van der Waals surface area contributed by atoms with Crippen molar-refractivity contribution in [2.24, 2.45) is 0 Å². The van der Waals surface area contributed by atoms with E-state index in [0.717, 1.165) is 0 Å². The third-order valence-electron chi connectivity index (χ3n) is 3.75. The van der Waals surface area contributed by atoms with Crippen LogP contribution in [-0.4, -0.2) is 31.6 Å². The molecule has 2 aromatic carbocycles. The lowest BCUT2D eigenvalue weighted by Gasteiger charge is -2.28. The zero-order valence-electron chi connectivity index (χ0n) is 14.4. The summed E-state index contributed by atoms with van der Waals surface area (Å²) in [7, 11) is 0. The number of benzene rings is 2. The summed E-state index contributed by atoms with van der Waals surface area (Å²) in [5, 5.41) is 9.11. The van der Waals surface area contributed by atoms with Crippen LogP contribution in [0.25, 0.3) is 0 Å². The van der Waals surface area contributed by atoms with E-state index in [0.29, 0.717) is 18.0 Å². The summed E-state index contributed by atoms with van der Waals surface area (Å²) in [6.07, 6.45) is 0. The number of esters is 1. The van der Waals surface area contributed by atoms with Gasteiger partial charge in [-0.3, -0.25) is 9.69 Å². The molecule has 7 nitrogen and oxygen atoms in total. The normalized spacial score (nSPS) is 12.6. The number of nitriles is 1. The smallest absolute Gasteiger partial charge is 0.331 e. The predicted octanol–water partition coefficient (Wildman–Crippen LogP) is 2.94.